The van der Waals surface area contributed by atoms with E-state index in [0.717, 1.165) is 12.1 Å². The second-order valence-corrected chi connectivity index (χ2v) is 3.63. The van der Waals surface area contributed by atoms with Crippen molar-refractivity contribution < 1.29 is 9.53 Å². The molecule has 76 valence electrons. The molecule has 0 spiro atoms. The van der Waals surface area contributed by atoms with Crippen molar-refractivity contribution in [1.82, 2.24) is 4.98 Å². The van der Waals surface area contributed by atoms with Gasteiger partial charge in [-0.15, -0.1) is 0 Å². The van der Waals surface area contributed by atoms with Gasteiger partial charge in [-0.1, -0.05) is 13.8 Å². The van der Waals surface area contributed by atoms with E-state index in [9.17, 15) is 4.79 Å². The van der Waals surface area contributed by atoms with E-state index in [4.69, 9.17) is 0 Å². The maximum atomic E-state index is 11.2. The first kappa shape index (κ1) is 10.7. The van der Waals surface area contributed by atoms with Crippen molar-refractivity contribution in [3.8, 4) is 0 Å². The van der Waals surface area contributed by atoms with Crippen molar-refractivity contribution >= 4 is 5.97 Å². The number of esters is 1. The molecule has 0 aliphatic carbocycles. The fourth-order valence-electron chi connectivity index (χ4n) is 1.25. The van der Waals surface area contributed by atoms with Crippen LogP contribution >= 0.6 is 0 Å². The standard InChI is InChI=1S/C11H15NO2/c1-8(2)6-10-7-9(4-5-12-10)11(13)14-3/h4-5,7-8H,6H2,1-3H3. The highest BCUT2D eigenvalue weighted by molar-refractivity contribution is 5.89. The first-order valence-corrected chi connectivity index (χ1v) is 4.66. The highest BCUT2D eigenvalue weighted by Crippen LogP contribution is 2.08. The van der Waals surface area contributed by atoms with Gasteiger partial charge in [0, 0.05) is 11.9 Å². The average Bonchev–Trinajstić information content (AvgIpc) is 2.16. The van der Waals surface area contributed by atoms with Crippen LogP contribution in [-0.4, -0.2) is 18.1 Å². The van der Waals surface area contributed by atoms with Gasteiger partial charge in [-0.05, 0) is 24.5 Å². The van der Waals surface area contributed by atoms with Crippen LogP contribution in [0.4, 0.5) is 0 Å². The van der Waals surface area contributed by atoms with Crippen LogP contribution in [0.5, 0.6) is 0 Å². The van der Waals surface area contributed by atoms with Crippen molar-refractivity contribution in [1.29, 1.82) is 0 Å². The lowest BCUT2D eigenvalue weighted by molar-refractivity contribution is 0.0600. The number of aromatic nitrogens is 1. The van der Waals surface area contributed by atoms with Gasteiger partial charge in [0.15, 0.2) is 0 Å². The quantitative estimate of drug-likeness (QED) is 0.690. The third-order valence-electron chi connectivity index (χ3n) is 1.86. The summed E-state index contributed by atoms with van der Waals surface area (Å²) in [5.41, 5.74) is 1.50. The van der Waals surface area contributed by atoms with E-state index < -0.39 is 0 Å². The van der Waals surface area contributed by atoms with Gasteiger partial charge >= 0.3 is 5.97 Å². The minimum Gasteiger partial charge on any atom is -0.465 e. The molecular weight excluding hydrogens is 178 g/mol. The predicted molar refractivity (Wildman–Crippen MR) is 54.1 cm³/mol. The normalized spacial score (nSPS) is 10.3. The van der Waals surface area contributed by atoms with Crippen molar-refractivity contribution in [3.05, 3.63) is 29.6 Å². The molecule has 1 aromatic rings. The highest BCUT2D eigenvalue weighted by Gasteiger charge is 2.06. The van der Waals surface area contributed by atoms with Gasteiger partial charge in [-0.25, -0.2) is 4.79 Å². The fourth-order valence-corrected chi connectivity index (χ4v) is 1.25. The van der Waals surface area contributed by atoms with Gasteiger partial charge in [-0.3, -0.25) is 4.98 Å². The van der Waals surface area contributed by atoms with Crippen LogP contribution in [0, 0.1) is 5.92 Å². The molecule has 0 amide bonds. The second-order valence-electron chi connectivity index (χ2n) is 3.63. The SMILES string of the molecule is COC(=O)c1ccnc(CC(C)C)c1. The Balaban J connectivity index is 2.84. The number of nitrogens with zero attached hydrogens (tertiary/aromatic N) is 1. The molecule has 0 bridgehead atoms. The zero-order valence-electron chi connectivity index (χ0n) is 8.78. The van der Waals surface area contributed by atoms with E-state index in [2.05, 4.69) is 23.6 Å². The molecule has 3 nitrogen and oxygen atoms in total. The number of ether oxygens (including phenoxy) is 1. The molecule has 0 unspecified atom stereocenters. The van der Waals surface area contributed by atoms with Crippen LogP contribution in [0.25, 0.3) is 0 Å². The molecule has 0 saturated carbocycles. The van der Waals surface area contributed by atoms with E-state index in [0.29, 0.717) is 11.5 Å². The van der Waals surface area contributed by atoms with Crippen molar-refractivity contribution in [2.45, 2.75) is 20.3 Å². The Kier molecular flexibility index (Phi) is 3.63. The van der Waals surface area contributed by atoms with E-state index >= 15 is 0 Å². The van der Waals surface area contributed by atoms with Crippen molar-refractivity contribution in [3.63, 3.8) is 0 Å². The summed E-state index contributed by atoms with van der Waals surface area (Å²) in [6.45, 7) is 4.24. The number of hydrogen-bond donors (Lipinski definition) is 0. The lowest BCUT2D eigenvalue weighted by Gasteiger charge is -2.05. The molecule has 1 aromatic heterocycles. The monoisotopic (exact) mass is 193 g/mol. The van der Waals surface area contributed by atoms with Crippen molar-refractivity contribution in [2.24, 2.45) is 5.92 Å². The summed E-state index contributed by atoms with van der Waals surface area (Å²) in [7, 11) is 1.38. The topological polar surface area (TPSA) is 39.2 Å². The van der Waals surface area contributed by atoms with Gasteiger partial charge in [-0.2, -0.15) is 0 Å². The third kappa shape index (κ3) is 2.83. The number of carbonyl (C=O) groups excluding carboxylic acids is 1. The Hall–Kier alpha value is -1.38. The number of carbonyl (C=O) groups is 1. The number of hydrogen-bond acceptors (Lipinski definition) is 3. The summed E-state index contributed by atoms with van der Waals surface area (Å²) in [4.78, 5) is 15.4. The summed E-state index contributed by atoms with van der Waals surface area (Å²) in [5, 5.41) is 0. The minimum atomic E-state index is -0.308. The van der Waals surface area contributed by atoms with Gasteiger partial charge in [0.2, 0.25) is 0 Å². The van der Waals surface area contributed by atoms with Crippen LogP contribution in [0.15, 0.2) is 18.3 Å². The fraction of sp³-hybridized carbons (Fsp3) is 0.455. The smallest absolute Gasteiger partial charge is 0.337 e. The lowest BCUT2D eigenvalue weighted by Crippen LogP contribution is -2.04. The van der Waals surface area contributed by atoms with Gasteiger partial charge in [0.05, 0.1) is 12.7 Å². The Morgan fingerprint density at radius 1 is 1.57 bits per heavy atom. The Morgan fingerprint density at radius 3 is 2.86 bits per heavy atom. The van der Waals surface area contributed by atoms with Crippen LogP contribution in [-0.2, 0) is 11.2 Å². The molecule has 0 atom stereocenters. The number of methoxy groups -OCH3 is 1. The van der Waals surface area contributed by atoms with Crippen LogP contribution in [0.3, 0.4) is 0 Å². The molecule has 1 heterocycles. The summed E-state index contributed by atoms with van der Waals surface area (Å²) >= 11 is 0. The number of pyridine rings is 1. The Morgan fingerprint density at radius 2 is 2.29 bits per heavy atom. The van der Waals surface area contributed by atoms with E-state index in [1.165, 1.54) is 7.11 Å². The molecule has 0 saturated heterocycles. The molecule has 1 rings (SSSR count). The first-order valence-electron chi connectivity index (χ1n) is 4.66. The predicted octanol–water partition coefficient (Wildman–Crippen LogP) is 2.07. The van der Waals surface area contributed by atoms with E-state index in [1.54, 1.807) is 18.3 Å². The number of rotatable bonds is 3. The Bertz CT molecular complexity index is 321. The minimum absolute atomic E-state index is 0.308. The molecule has 14 heavy (non-hydrogen) atoms. The molecular formula is C11H15NO2. The zero-order chi connectivity index (χ0) is 10.6. The molecule has 0 aliphatic rings. The van der Waals surface area contributed by atoms with Crippen LogP contribution in [0.2, 0.25) is 0 Å². The van der Waals surface area contributed by atoms with Gasteiger partial charge < -0.3 is 4.74 Å². The molecule has 3 heteroatoms. The second kappa shape index (κ2) is 4.74. The van der Waals surface area contributed by atoms with Crippen LogP contribution < -0.4 is 0 Å². The average molecular weight is 193 g/mol. The first-order chi connectivity index (χ1) is 6.63. The summed E-state index contributed by atoms with van der Waals surface area (Å²) in [5.74, 6) is 0.229. The third-order valence-corrected chi connectivity index (χ3v) is 1.86. The largest absolute Gasteiger partial charge is 0.465 e. The van der Waals surface area contributed by atoms with Crippen molar-refractivity contribution in [2.75, 3.05) is 7.11 Å². The molecule has 0 aromatic carbocycles. The summed E-state index contributed by atoms with van der Waals surface area (Å²) < 4.78 is 4.63. The van der Waals surface area contributed by atoms with E-state index in [1.807, 2.05) is 0 Å². The molecule has 0 fully saturated rings. The molecule has 0 aliphatic heterocycles. The summed E-state index contributed by atoms with van der Waals surface area (Å²) in [6, 6.07) is 3.45. The summed E-state index contributed by atoms with van der Waals surface area (Å²) in [6.07, 6.45) is 2.52. The Labute approximate surface area is 84.1 Å². The van der Waals surface area contributed by atoms with Gasteiger partial charge in [0.25, 0.3) is 0 Å². The molecule has 0 radical (unpaired) electrons. The molecule has 0 N–H and O–H groups in total. The van der Waals surface area contributed by atoms with Crippen LogP contribution in [0.1, 0.15) is 29.9 Å². The maximum Gasteiger partial charge on any atom is 0.337 e. The zero-order valence-corrected chi connectivity index (χ0v) is 8.78. The highest BCUT2D eigenvalue weighted by atomic mass is 16.5. The lowest BCUT2D eigenvalue weighted by atomic mass is 10.1. The van der Waals surface area contributed by atoms with Gasteiger partial charge in [0.1, 0.15) is 0 Å². The van der Waals surface area contributed by atoms with E-state index in [-0.39, 0.29) is 5.97 Å². The maximum absolute atomic E-state index is 11.2.